The molecule has 0 aromatic rings. The monoisotopic (exact) mass is 120 g/mol. The van der Waals surface area contributed by atoms with Gasteiger partial charge in [0.05, 0.1) is 0 Å². The zero-order valence-corrected chi connectivity index (χ0v) is 6.10. The summed E-state index contributed by atoms with van der Waals surface area (Å²) in [5.74, 6) is 0. The molecular formula is C4H10P2. The van der Waals surface area contributed by atoms with Crippen molar-refractivity contribution in [2.45, 2.75) is 0 Å². The molecule has 2 heteroatoms. The molecule has 0 aliphatic carbocycles. The van der Waals surface area contributed by atoms with E-state index in [9.17, 15) is 0 Å². The zero-order chi connectivity index (χ0) is 4.57. The quantitative estimate of drug-likeness (QED) is 0.465. The number of rotatable bonds is 1. The third-order valence-corrected chi connectivity index (χ3v) is 7.56. The summed E-state index contributed by atoms with van der Waals surface area (Å²) in [6.07, 6.45) is 3.18. The minimum atomic E-state index is 0.516. The van der Waals surface area contributed by atoms with Crippen molar-refractivity contribution in [3.8, 4) is 0 Å². The molecule has 36 valence electrons. The van der Waals surface area contributed by atoms with Crippen LogP contribution < -0.4 is 0 Å². The van der Waals surface area contributed by atoms with Gasteiger partial charge in [0.2, 0.25) is 0 Å². The topological polar surface area (TPSA) is 0 Å². The number of hydrogen-bond acceptors (Lipinski definition) is 0. The molecule has 0 aromatic carbocycles. The van der Waals surface area contributed by atoms with Crippen LogP contribution in [-0.2, 0) is 0 Å². The maximum atomic E-state index is 2.40. The van der Waals surface area contributed by atoms with Gasteiger partial charge in [-0.1, -0.05) is 15.2 Å². The largest absolute Gasteiger partial charge is 0.0873 e. The van der Waals surface area contributed by atoms with Crippen LogP contribution in [0.15, 0.2) is 0 Å². The molecule has 0 bridgehead atoms. The van der Waals surface area contributed by atoms with Crippen molar-refractivity contribution in [1.82, 2.24) is 0 Å². The summed E-state index contributed by atoms with van der Waals surface area (Å²) < 4.78 is 0. The van der Waals surface area contributed by atoms with Crippen LogP contribution in [0, 0.1) is 0 Å². The van der Waals surface area contributed by atoms with Crippen LogP contribution in [0.4, 0.5) is 0 Å². The van der Waals surface area contributed by atoms with Gasteiger partial charge in [-0.25, -0.2) is 0 Å². The second-order valence-corrected chi connectivity index (χ2v) is 9.50. The maximum absolute atomic E-state index is 2.40. The van der Waals surface area contributed by atoms with Gasteiger partial charge in [0.15, 0.2) is 0 Å². The van der Waals surface area contributed by atoms with Gasteiger partial charge < -0.3 is 0 Å². The lowest BCUT2D eigenvalue weighted by Crippen LogP contribution is -1.45. The van der Waals surface area contributed by atoms with Crippen LogP contribution in [0.2, 0.25) is 0 Å². The summed E-state index contributed by atoms with van der Waals surface area (Å²) in [4.78, 5) is 0. The van der Waals surface area contributed by atoms with Crippen molar-refractivity contribution in [3.63, 3.8) is 0 Å². The third-order valence-electron chi connectivity index (χ3n) is 0.989. The van der Waals surface area contributed by atoms with Gasteiger partial charge >= 0.3 is 0 Å². The Morgan fingerprint density at radius 2 is 1.83 bits per heavy atom. The average molecular weight is 120 g/mol. The van der Waals surface area contributed by atoms with Crippen molar-refractivity contribution in [1.29, 1.82) is 0 Å². The summed E-state index contributed by atoms with van der Waals surface area (Å²) in [5, 5.41) is 0. The molecule has 6 heavy (non-hydrogen) atoms. The van der Waals surface area contributed by atoms with Crippen LogP contribution in [0.25, 0.3) is 0 Å². The third kappa shape index (κ3) is 1.17. The van der Waals surface area contributed by atoms with Gasteiger partial charge in [-0.3, -0.25) is 0 Å². The Balaban J connectivity index is 2.13. The van der Waals surface area contributed by atoms with E-state index in [0.29, 0.717) is 15.2 Å². The van der Waals surface area contributed by atoms with E-state index in [4.69, 9.17) is 0 Å². The zero-order valence-electron chi connectivity index (χ0n) is 4.31. The molecule has 1 aliphatic heterocycles. The van der Waals surface area contributed by atoms with Crippen molar-refractivity contribution >= 4 is 15.2 Å². The Labute approximate surface area is 41.7 Å². The van der Waals surface area contributed by atoms with E-state index in [-0.39, 0.29) is 0 Å². The van der Waals surface area contributed by atoms with Gasteiger partial charge in [0.1, 0.15) is 0 Å². The fourth-order valence-electron chi connectivity index (χ4n) is 0.445. The summed E-state index contributed by atoms with van der Waals surface area (Å²) in [6, 6.07) is 0. The average Bonchev–Trinajstić information content (AvgIpc) is 2.06. The highest BCUT2D eigenvalue weighted by molar-refractivity contribution is 8.32. The molecule has 1 aliphatic rings. The van der Waals surface area contributed by atoms with Crippen LogP contribution in [0.3, 0.4) is 0 Å². The second kappa shape index (κ2) is 1.76. The highest BCUT2D eigenvalue weighted by Gasteiger charge is 2.23. The summed E-state index contributed by atoms with van der Waals surface area (Å²) >= 11 is 0. The normalized spacial score (nSPS) is 22.5. The van der Waals surface area contributed by atoms with E-state index in [1.807, 2.05) is 0 Å². The fourth-order valence-corrected chi connectivity index (χ4v) is 4.81. The van der Waals surface area contributed by atoms with E-state index in [2.05, 4.69) is 13.3 Å². The van der Waals surface area contributed by atoms with Crippen molar-refractivity contribution in [3.05, 3.63) is 0 Å². The smallest absolute Gasteiger partial charge is 0.0244 e. The van der Waals surface area contributed by atoms with Crippen LogP contribution in [0.5, 0.6) is 0 Å². The predicted molar refractivity (Wildman–Crippen MR) is 35.4 cm³/mol. The summed E-state index contributed by atoms with van der Waals surface area (Å²) in [5.41, 5.74) is 0. The van der Waals surface area contributed by atoms with E-state index in [1.54, 1.807) is 12.3 Å². The van der Waals surface area contributed by atoms with E-state index in [0.717, 1.165) is 0 Å². The first-order chi connectivity index (χ1) is 2.80. The first kappa shape index (κ1) is 5.01. The molecule has 1 fully saturated rings. The molecule has 0 N–H and O–H groups in total. The van der Waals surface area contributed by atoms with Gasteiger partial charge in [-0.15, -0.1) is 0 Å². The molecule has 0 aromatic heterocycles. The van der Waals surface area contributed by atoms with Crippen molar-refractivity contribution in [2.24, 2.45) is 0 Å². The summed E-state index contributed by atoms with van der Waals surface area (Å²) in [7, 11) is 1.17. The SMILES string of the molecule is CP(C)P1CC1. The molecular weight excluding hydrogens is 110 g/mol. The van der Waals surface area contributed by atoms with Crippen LogP contribution in [0.1, 0.15) is 0 Å². The van der Waals surface area contributed by atoms with Crippen molar-refractivity contribution < 1.29 is 0 Å². The molecule has 1 saturated heterocycles. The molecule has 0 radical (unpaired) electrons. The lowest BCUT2D eigenvalue weighted by molar-refractivity contribution is 1.75. The Bertz CT molecular complexity index is 47.5. The van der Waals surface area contributed by atoms with Gasteiger partial charge in [-0.05, 0) is 25.7 Å². The van der Waals surface area contributed by atoms with Gasteiger partial charge in [0, 0.05) is 0 Å². The molecule has 1 rings (SSSR count). The van der Waals surface area contributed by atoms with Crippen molar-refractivity contribution in [2.75, 3.05) is 25.7 Å². The minimum Gasteiger partial charge on any atom is -0.0873 e. The Morgan fingerprint density at radius 3 is 1.83 bits per heavy atom. The van der Waals surface area contributed by atoms with Crippen LogP contribution >= 0.6 is 15.2 Å². The minimum absolute atomic E-state index is 0.516. The Kier molecular flexibility index (Phi) is 1.47. The molecule has 1 heterocycles. The van der Waals surface area contributed by atoms with Gasteiger partial charge in [-0.2, -0.15) is 0 Å². The Hall–Kier alpha value is 0.860. The molecule has 0 saturated carbocycles. The van der Waals surface area contributed by atoms with E-state index < -0.39 is 0 Å². The van der Waals surface area contributed by atoms with E-state index >= 15 is 0 Å². The molecule has 0 nitrogen and oxygen atoms in total. The van der Waals surface area contributed by atoms with Crippen LogP contribution in [-0.4, -0.2) is 25.7 Å². The molecule has 0 spiro atoms. The fraction of sp³-hybridized carbons (Fsp3) is 1.00. The number of hydrogen-bond donors (Lipinski definition) is 0. The van der Waals surface area contributed by atoms with Gasteiger partial charge in [0.25, 0.3) is 0 Å². The Morgan fingerprint density at radius 1 is 1.33 bits per heavy atom. The molecule has 0 amide bonds. The van der Waals surface area contributed by atoms with E-state index in [1.165, 1.54) is 0 Å². The summed E-state index contributed by atoms with van der Waals surface area (Å²) in [6.45, 7) is 4.79. The lowest BCUT2D eigenvalue weighted by Gasteiger charge is -1.96. The highest BCUT2D eigenvalue weighted by Crippen LogP contribution is 2.74. The molecule has 0 atom stereocenters. The highest BCUT2D eigenvalue weighted by atomic mass is 32.1. The molecule has 0 unspecified atom stereocenters. The predicted octanol–water partition coefficient (Wildman–Crippen LogP) is 2.14. The first-order valence-electron chi connectivity index (χ1n) is 2.23. The lowest BCUT2D eigenvalue weighted by atomic mass is 11.0. The maximum Gasteiger partial charge on any atom is -0.0244 e. The first-order valence-corrected chi connectivity index (χ1v) is 6.88. The second-order valence-electron chi connectivity index (χ2n) is 1.80. The standard InChI is InChI=1S/C4H10P2/c1-5(2)6-3-4-6/h3-4H2,1-2H3.